The van der Waals surface area contributed by atoms with E-state index in [-0.39, 0.29) is 11.8 Å². The lowest BCUT2D eigenvalue weighted by Gasteiger charge is -2.24. The Morgan fingerprint density at radius 1 is 1.12 bits per heavy atom. The molecule has 4 nitrogen and oxygen atoms in total. The molecular formula is C22H23N3O. The van der Waals surface area contributed by atoms with Crippen LogP contribution in [0.4, 0.5) is 0 Å². The Labute approximate surface area is 153 Å². The molecule has 0 spiro atoms. The Bertz CT molecular complexity index is 869. The van der Waals surface area contributed by atoms with Gasteiger partial charge in [-0.1, -0.05) is 48.5 Å². The number of hydrogen-bond acceptors (Lipinski definition) is 2. The number of rotatable bonds is 5. The van der Waals surface area contributed by atoms with E-state index in [4.69, 9.17) is 0 Å². The zero-order valence-corrected chi connectivity index (χ0v) is 14.8. The number of nitrogens with one attached hydrogen (secondary N) is 1. The lowest BCUT2D eigenvalue weighted by Crippen LogP contribution is -2.31. The van der Waals surface area contributed by atoms with Crippen LogP contribution in [0.2, 0.25) is 0 Å². The van der Waals surface area contributed by atoms with Crippen molar-refractivity contribution in [3.05, 3.63) is 89.5 Å². The van der Waals surface area contributed by atoms with Crippen LogP contribution in [0.25, 0.3) is 0 Å². The van der Waals surface area contributed by atoms with Gasteiger partial charge in [-0.05, 0) is 41.5 Å². The molecule has 4 rings (SSSR count). The molecule has 4 heteroatoms. The van der Waals surface area contributed by atoms with Gasteiger partial charge in [-0.2, -0.15) is 0 Å². The highest BCUT2D eigenvalue weighted by Crippen LogP contribution is 2.31. The van der Waals surface area contributed by atoms with E-state index in [1.165, 1.54) is 16.7 Å². The number of amides is 1. The monoisotopic (exact) mass is 345 g/mol. The Morgan fingerprint density at radius 3 is 2.73 bits per heavy atom. The summed E-state index contributed by atoms with van der Waals surface area (Å²) in [6.45, 7) is 1.38. The van der Waals surface area contributed by atoms with Crippen molar-refractivity contribution < 1.29 is 4.79 Å². The molecular weight excluding hydrogens is 322 g/mol. The number of carbonyl (C=O) groups excluding carboxylic acids is 1. The van der Waals surface area contributed by atoms with Crippen LogP contribution >= 0.6 is 0 Å². The molecule has 0 aliphatic heterocycles. The van der Waals surface area contributed by atoms with Crippen molar-refractivity contribution >= 4 is 5.91 Å². The molecule has 0 bridgehead atoms. The maximum atomic E-state index is 12.7. The second-order valence-corrected chi connectivity index (χ2v) is 6.91. The lowest BCUT2D eigenvalue weighted by molar-refractivity contribution is -0.123. The highest BCUT2D eigenvalue weighted by molar-refractivity contribution is 5.84. The highest BCUT2D eigenvalue weighted by Gasteiger charge is 2.25. The van der Waals surface area contributed by atoms with Gasteiger partial charge in [-0.25, -0.2) is 4.98 Å². The third-order valence-electron chi connectivity index (χ3n) is 5.10. The second kappa shape index (κ2) is 7.56. The number of nitrogens with zero attached hydrogens (tertiary/aromatic N) is 2. The highest BCUT2D eigenvalue weighted by atomic mass is 16.1. The molecule has 1 N–H and O–H groups in total. The van der Waals surface area contributed by atoms with Crippen LogP contribution in [-0.4, -0.2) is 15.5 Å². The Balaban J connectivity index is 1.36. The lowest BCUT2D eigenvalue weighted by atomic mass is 9.82. The van der Waals surface area contributed by atoms with Gasteiger partial charge in [0.25, 0.3) is 0 Å². The first-order valence-corrected chi connectivity index (χ1v) is 9.19. The van der Waals surface area contributed by atoms with Crippen molar-refractivity contribution in [1.82, 2.24) is 14.9 Å². The van der Waals surface area contributed by atoms with Crippen molar-refractivity contribution in [1.29, 1.82) is 0 Å². The van der Waals surface area contributed by atoms with E-state index in [9.17, 15) is 4.79 Å². The zero-order chi connectivity index (χ0) is 17.8. The molecule has 1 aromatic heterocycles. The molecule has 1 aliphatic carbocycles. The van der Waals surface area contributed by atoms with Gasteiger partial charge in [0.05, 0.1) is 12.2 Å². The average molecular weight is 345 g/mol. The predicted molar refractivity (Wildman–Crippen MR) is 102 cm³/mol. The van der Waals surface area contributed by atoms with Gasteiger partial charge in [0.1, 0.15) is 0 Å². The molecule has 0 saturated heterocycles. The summed E-state index contributed by atoms with van der Waals surface area (Å²) in [5.74, 6) is 0.125. The summed E-state index contributed by atoms with van der Waals surface area (Å²) in [7, 11) is 0. The minimum absolute atomic E-state index is 0.0135. The van der Waals surface area contributed by atoms with E-state index >= 15 is 0 Å². The van der Waals surface area contributed by atoms with Crippen molar-refractivity contribution in [2.24, 2.45) is 0 Å². The fraction of sp³-hybridized carbons (Fsp3) is 0.273. The van der Waals surface area contributed by atoms with Gasteiger partial charge in [-0.15, -0.1) is 0 Å². The summed E-state index contributed by atoms with van der Waals surface area (Å²) in [6.07, 6.45) is 8.66. The molecule has 1 aliphatic rings. The molecule has 1 heterocycles. The van der Waals surface area contributed by atoms with Crippen LogP contribution in [0.15, 0.2) is 67.3 Å². The first-order valence-electron chi connectivity index (χ1n) is 9.19. The van der Waals surface area contributed by atoms with Crippen LogP contribution in [0.1, 0.15) is 41.0 Å². The van der Waals surface area contributed by atoms with Crippen molar-refractivity contribution in [2.75, 3.05) is 0 Å². The molecule has 0 saturated carbocycles. The number of aryl methyl sites for hydroxylation is 1. The molecule has 0 fully saturated rings. The number of aromatic nitrogens is 2. The van der Waals surface area contributed by atoms with Gasteiger partial charge >= 0.3 is 0 Å². The predicted octanol–water partition coefficient (Wildman–Crippen LogP) is 3.67. The molecule has 2 aromatic carbocycles. The first kappa shape index (κ1) is 16.6. The maximum absolute atomic E-state index is 12.7. The van der Waals surface area contributed by atoms with Gasteiger partial charge in [0, 0.05) is 25.5 Å². The van der Waals surface area contributed by atoms with Gasteiger partial charge < -0.3 is 9.88 Å². The molecule has 26 heavy (non-hydrogen) atoms. The van der Waals surface area contributed by atoms with E-state index in [1.807, 2.05) is 23.2 Å². The van der Waals surface area contributed by atoms with E-state index in [0.29, 0.717) is 6.54 Å². The van der Waals surface area contributed by atoms with Crippen LogP contribution < -0.4 is 5.32 Å². The van der Waals surface area contributed by atoms with Crippen LogP contribution in [0.3, 0.4) is 0 Å². The van der Waals surface area contributed by atoms with E-state index in [2.05, 4.69) is 52.8 Å². The van der Waals surface area contributed by atoms with E-state index in [1.54, 1.807) is 6.20 Å². The normalized spacial score (nSPS) is 16.1. The molecule has 1 amide bonds. The summed E-state index contributed by atoms with van der Waals surface area (Å²) in [6, 6.07) is 16.7. The topological polar surface area (TPSA) is 46.9 Å². The van der Waals surface area contributed by atoms with Crippen molar-refractivity contribution in [3.8, 4) is 0 Å². The van der Waals surface area contributed by atoms with Crippen LogP contribution in [0, 0.1) is 0 Å². The number of imidazole rings is 1. The molecule has 3 aromatic rings. The quantitative estimate of drug-likeness (QED) is 0.767. The van der Waals surface area contributed by atoms with E-state index in [0.717, 1.165) is 31.4 Å². The molecule has 132 valence electrons. The summed E-state index contributed by atoms with van der Waals surface area (Å²) in [4.78, 5) is 16.8. The van der Waals surface area contributed by atoms with Gasteiger partial charge in [0.15, 0.2) is 0 Å². The zero-order valence-electron chi connectivity index (χ0n) is 14.8. The van der Waals surface area contributed by atoms with Crippen molar-refractivity contribution in [2.45, 2.75) is 38.3 Å². The van der Waals surface area contributed by atoms with Gasteiger partial charge in [0.2, 0.25) is 5.91 Å². The SMILES string of the molecule is O=C(NCc1ccc(Cn2ccnc2)cc1)[C@H]1CCCc2ccccc21. The fourth-order valence-corrected chi connectivity index (χ4v) is 3.69. The first-order chi connectivity index (χ1) is 12.8. The number of hydrogen-bond donors (Lipinski definition) is 1. The number of fused-ring (bicyclic) bond motifs is 1. The largest absolute Gasteiger partial charge is 0.351 e. The van der Waals surface area contributed by atoms with Gasteiger partial charge in [-0.3, -0.25) is 4.79 Å². The summed E-state index contributed by atoms with van der Waals surface area (Å²) in [5, 5.41) is 3.12. The molecule has 1 atom stereocenters. The summed E-state index contributed by atoms with van der Waals surface area (Å²) >= 11 is 0. The second-order valence-electron chi connectivity index (χ2n) is 6.91. The smallest absolute Gasteiger partial charge is 0.227 e. The maximum Gasteiger partial charge on any atom is 0.227 e. The summed E-state index contributed by atoms with van der Waals surface area (Å²) < 4.78 is 2.04. The van der Waals surface area contributed by atoms with E-state index < -0.39 is 0 Å². The fourth-order valence-electron chi connectivity index (χ4n) is 3.69. The Kier molecular flexibility index (Phi) is 4.82. The molecule has 0 radical (unpaired) electrons. The number of benzene rings is 2. The minimum Gasteiger partial charge on any atom is -0.351 e. The molecule has 0 unspecified atom stereocenters. The third kappa shape index (κ3) is 3.69. The Hall–Kier alpha value is -2.88. The Morgan fingerprint density at radius 2 is 1.92 bits per heavy atom. The van der Waals surface area contributed by atoms with Crippen LogP contribution in [0.5, 0.6) is 0 Å². The van der Waals surface area contributed by atoms with Crippen LogP contribution in [-0.2, 0) is 24.3 Å². The third-order valence-corrected chi connectivity index (χ3v) is 5.10. The minimum atomic E-state index is -0.0135. The standard InChI is InChI=1S/C22H23N3O/c26-22(21-7-3-5-19-4-1-2-6-20(19)21)24-14-17-8-10-18(11-9-17)15-25-13-12-23-16-25/h1-2,4,6,8-13,16,21H,3,5,7,14-15H2,(H,24,26)/t21-/m0/s1. The van der Waals surface area contributed by atoms with Crippen molar-refractivity contribution in [3.63, 3.8) is 0 Å². The number of carbonyl (C=O) groups is 1. The average Bonchev–Trinajstić information content (AvgIpc) is 3.20. The summed E-state index contributed by atoms with van der Waals surface area (Å²) in [5.41, 5.74) is 4.87.